The number of carbonyl (C=O) groups is 1. The summed E-state index contributed by atoms with van der Waals surface area (Å²) in [4.78, 5) is 21.1. The third-order valence-electron chi connectivity index (χ3n) is 5.59. The molecule has 0 saturated heterocycles. The lowest BCUT2D eigenvalue weighted by Crippen LogP contribution is -2.19. The molecule has 2 heterocycles. The average molecular weight is 483 g/mol. The predicted molar refractivity (Wildman–Crippen MR) is 135 cm³/mol. The Morgan fingerprint density at radius 1 is 0.972 bits per heavy atom. The van der Waals surface area contributed by atoms with Gasteiger partial charge in [0.05, 0.1) is 6.33 Å². The van der Waals surface area contributed by atoms with Gasteiger partial charge in [0.1, 0.15) is 11.5 Å². The molecule has 2 aromatic heterocycles. The van der Waals surface area contributed by atoms with Crippen molar-refractivity contribution in [3.63, 3.8) is 0 Å². The molecule has 0 fully saturated rings. The Labute approximate surface area is 206 Å². The predicted octanol–water partition coefficient (Wildman–Crippen LogP) is 6.05. The second-order valence-electron chi connectivity index (χ2n) is 8.46. The third kappa shape index (κ3) is 5.30. The van der Waals surface area contributed by atoms with Gasteiger partial charge in [-0.15, -0.1) is 0 Å². The molecule has 0 saturated carbocycles. The smallest absolute Gasteiger partial charge is 0.323 e. The highest BCUT2D eigenvalue weighted by atomic mass is 19.1. The summed E-state index contributed by atoms with van der Waals surface area (Å²) in [7, 11) is 0. The van der Waals surface area contributed by atoms with Gasteiger partial charge < -0.3 is 19.7 Å². The molecule has 36 heavy (non-hydrogen) atoms. The Morgan fingerprint density at radius 3 is 2.44 bits per heavy atom. The molecule has 0 radical (unpaired) electrons. The molecule has 0 aliphatic carbocycles. The van der Waals surface area contributed by atoms with Crippen LogP contribution in [0, 0.1) is 19.7 Å². The van der Waals surface area contributed by atoms with Crippen LogP contribution in [0.5, 0.6) is 0 Å². The van der Waals surface area contributed by atoms with Gasteiger partial charge in [-0.2, -0.15) is 4.98 Å². The normalized spacial score (nSPS) is 10.9. The van der Waals surface area contributed by atoms with Gasteiger partial charge in [0.15, 0.2) is 0 Å². The number of hydrogen-bond acceptors (Lipinski definition) is 5. The fraction of sp³-hybridized carbons (Fsp3) is 0.111. The molecular formula is C27H23FN6O2. The Morgan fingerprint density at radius 2 is 1.69 bits per heavy atom. The topological polar surface area (TPSA) is 97.9 Å². The molecule has 0 unspecified atom stereocenters. The molecular weight excluding hydrogens is 459 g/mol. The van der Waals surface area contributed by atoms with E-state index < -0.39 is 6.03 Å². The fourth-order valence-corrected chi connectivity index (χ4v) is 3.57. The molecule has 9 heteroatoms. The zero-order valence-electron chi connectivity index (χ0n) is 19.7. The largest absolute Gasteiger partial charge is 0.332 e. The van der Waals surface area contributed by atoms with Crippen molar-refractivity contribution in [2.75, 3.05) is 10.6 Å². The zero-order valence-corrected chi connectivity index (χ0v) is 19.7. The van der Waals surface area contributed by atoms with Gasteiger partial charge in [-0.25, -0.2) is 14.2 Å². The number of amides is 2. The van der Waals surface area contributed by atoms with E-state index in [1.807, 2.05) is 54.1 Å². The maximum Gasteiger partial charge on any atom is 0.323 e. The molecule has 0 bridgehead atoms. The first-order chi connectivity index (χ1) is 17.4. The molecule has 5 aromatic rings. The van der Waals surface area contributed by atoms with Gasteiger partial charge in [-0.05, 0) is 49.2 Å². The van der Waals surface area contributed by atoms with Crippen molar-refractivity contribution < 1.29 is 13.7 Å². The van der Waals surface area contributed by atoms with Gasteiger partial charge in [0.2, 0.25) is 5.82 Å². The molecule has 5 rings (SSSR count). The quantitative estimate of drug-likeness (QED) is 0.307. The van der Waals surface area contributed by atoms with Crippen molar-refractivity contribution >= 4 is 17.4 Å². The summed E-state index contributed by atoms with van der Waals surface area (Å²) in [5.74, 6) is 0.494. The van der Waals surface area contributed by atoms with E-state index in [2.05, 4.69) is 25.8 Å². The van der Waals surface area contributed by atoms with Gasteiger partial charge in [-0.3, -0.25) is 0 Å². The highest BCUT2D eigenvalue weighted by Crippen LogP contribution is 2.22. The monoisotopic (exact) mass is 482 g/mol. The lowest BCUT2D eigenvalue weighted by atomic mass is 10.1. The lowest BCUT2D eigenvalue weighted by Gasteiger charge is -2.09. The Bertz CT molecular complexity index is 1510. The van der Waals surface area contributed by atoms with Crippen molar-refractivity contribution in [2.24, 2.45) is 0 Å². The van der Waals surface area contributed by atoms with Gasteiger partial charge in [-0.1, -0.05) is 53.2 Å². The summed E-state index contributed by atoms with van der Waals surface area (Å²) < 4.78 is 21.0. The van der Waals surface area contributed by atoms with Crippen LogP contribution < -0.4 is 10.6 Å². The molecule has 0 aliphatic heterocycles. The average Bonchev–Trinajstić information content (AvgIpc) is 3.53. The van der Waals surface area contributed by atoms with Gasteiger partial charge >= 0.3 is 6.03 Å². The molecule has 3 aromatic carbocycles. The zero-order chi connectivity index (χ0) is 25.1. The standard InChI is InChI=1S/C27H23FN6O2/c1-17-3-8-20(9-4-17)25-32-26(36-33-25)24-15-34(16-29-24)14-19-6-11-21(12-7-19)30-27(35)31-22-10-5-18(2)23(28)13-22/h3-13,15-16H,14H2,1-2H3,(H2,30,31,35). The number of anilines is 2. The first-order valence-electron chi connectivity index (χ1n) is 11.3. The summed E-state index contributed by atoms with van der Waals surface area (Å²) in [6, 6.07) is 19.4. The van der Waals surface area contributed by atoms with Crippen LogP contribution in [0.1, 0.15) is 16.7 Å². The number of nitrogens with zero attached hydrogens (tertiary/aromatic N) is 4. The number of nitrogens with one attached hydrogen (secondary N) is 2. The van der Waals surface area contributed by atoms with E-state index in [9.17, 15) is 9.18 Å². The maximum absolute atomic E-state index is 13.7. The minimum Gasteiger partial charge on any atom is -0.332 e. The number of aromatic nitrogens is 4. The van der Waals surface area contributed by atoms with Crippen molar-refractivity contribution in [1.82, 2.24) is 19.7 Å². The van der Waals surface area contributed by atoms with Crippen molar-refractivity contribution in [3.05, 3.63) is 102 Å². The minimum atomic E-state index is -0.449. The molecule has 0 spiro atoms. The van der Waals surface area contributed by atoms with Crippen LogP contribution >= 0.6 is 0 Å². The molecule has 0 atom stereocenters. The highest BCUT2D eigenvalue weighted by molar-refractivity contribution is 5.99. The SMILES string of the molecule is Cc1ccc(-c2noc(-c3cn(Cc4ccc(NC(=O)Nc5ccc(C)c(F)c5)cc4)cn3)n2)cc1. The molecule has 2 N–H and O–H groups in total. The van der Waals surface area contributed by atoms with E-state index in [-0.39, 0.29) is 5.82 Å². The van der Waals surface area contributed by atoms with Crippen molar-refractivity contribution in [3.8, 4) is 23.0 Å². The van der Waals surface area contributed by atoms with E-state index in [4.69, 9.17) is 4.52 Å². The number of halogens is 1. The number of hydrogen-bond donors (Lipinski definition) is 2. The summed E-state index contributed by atoms with van der Waals surface area (Å²) in [6.07, 6.45) is 3.54. The first-order valence-corrected chi connectivity index (χ1v) is 11.3. The molecule has 8 nitrogen and oxygen atoms in total. The number of aryl methyl sites for hydroxylation is 2. The van der Waals surface area contributed by atoms with E-state index in [0.717, 1.165) is 16.7 Å². The number of imidazole rings is 1. The van der Waals surface area contributed by atoms with Crippen LogP contribution in [-0.4, -0.2) is 25.7 Å². The van der Waals surface area contributed by atoms with E-state index >= 15 is 0 Å². The third-order valence-corrected chi connectivity index (χ3v) is 5.59. The van der Waals surface area contributed by atoms with Crippen LogP contribution in [0.4, 0.5) is 20.6 Å². The second kappa shape index (κ2) is 9.83. The Kier molecular flexibility index (Phi) is 6.27. The number of carbonyl (C=O) groups excluding carboxylic acids is 1. The maximum atomic E-state index is 13.7. The molecule has 0 aliphatic rings. The van der Waals surface area contributed by atoms with Crippen molar-refractivity contribution in [2.45, 2.75) is 20.4 Å². The number of rotatable bonds is 6. The minimum absolute atomic E-state index is 0.350. The van der Waals surface area contributed by atoms with Crippen molar-refractivity contribution in [1.29, 1.82) is 0 Å². The van der Waals surface area contributed by atoms with Crippen LogP contribution in [-0.2, 0) is 6.54 Å². The summed E-state index contributed by atoms with van der Waals surface area (Å²) in [6.45, 7) is 4.26. The van der Waals surface area contributed by atoms with Crippen LogP contribution in [0.15, 0.2) is 83.8 Å². The van der Waals surface area contributed by atoms with E-state index in [1.165, 1.54) is 6.07 Å². The fourth-order valence-electron chi connectivity index (χ4n) is 3.57. The molecule has 2 amide bonds. The highest BCUT2D eigenvalue weighted by Gasteiger charge is 2.13. The Hall–Kier alpha value is -4.79. The Balaban J connectivity index is 1.19. The van der Waals surface area contributed by atoms with Gasteiger partial charge in [0, 0.05) is 29.7 Å². The first kappa shape index (κ1) is 23.0. The summed E-state index contributed by atoms with van der Waals surface area (Å²) in [5, 5.41) is 9.42. The van der Waals surface area contributed by atoms with E-state index in [0.29, 0.717) is 40.9 Å². The van der Waals surface area contributed by atoms with E-state index in [1.54, 1.807) is 37.5 Å². The summed E-state index contributed by atoms with van der Waals surface area (Å²) >= 11 is 0. The molecule has 180 valence electrons. The van der Waals surface area contributed by atoms with Crippen LogP contribution in [0.25, 0.3) is 23.0 Å². The number of benzene rings is 3. The van der Waals surface area contributed by atoms with Crippen LogP contribution in [0.2, 0.25) is 0 Å². The number of urea groups is 1. The van der Waals surface area contributed by atoms with Gasteiger partial charge in [0.25, 0.3) is 5.89 Å². The summed E-state index contributed by atoms with van der Waals surface area (Å²) in [5.41, 5.74) is 5.15. The lowest BCUT2D eigenvalue weighted by molar-refractivity contribution is 0.262. The second-order valence-corrected chi connectivity index (χ2v) is 8.46. The van der Waals surface area contributed by atoms with Crippen LogP contribution in [0.3, 0.4) is 0 Å².